The van der Waals surface area contributed by atoms with E-state index in [1.165, 1.54) is 0 Å². The molecule has 0 spiro atoms. The van der Waals surface area contributed by atoms with Crippen LogP contribution >= 0.6 is 0 Å². The Labute approximate surface area is 133 Å². The lowest BCUT2D eigenvalue weighted by Crippen LogP contribution is -2.43. The number of hydrogen-bond donors (Lipinski definition) is 2. The molecular weight excluding hydrogens is 300 g/mol. The second-order valence-corrected chi connectivity index (χ2v) is 6.20. The number of pyridine rings is 1. The van der Waals surface area contributed by atoms with Gasteiger partial charge in [0.2, 0.25) is 5.92 Å². The van der Waals surface area contributed by atoms with Crippen molar-refractivity contribution in [2.24, 2.45) is 0 Å². The van der Waals surface area contributed by atoms with Gasteiger partial charge < -0.3 is 10.2 Å². The summed E-state index contributed by atoms with van der Waals surface area (Å²) in [5.74, 6) is -2.75. The minimum absolute atomic E-state index is 0.116. The Balaban J connectivity index is 1.84. The zero-order chi connectivity index (χ0) is 16.5. The van der Waals surface area contributed by atoms with Crippen LogP contribution in [0.4, 0.5) is 8.78 Å². The molecule has 1 fully saturated rings. The molecule has 1 heterocycles. The molecule has 0 saturated heterocycles. The Hall–Kier alpha value is -1.85. The maximum absolute atomic E-state index is 13.3. The highest BCUT2D eigenvalue weighted by Crippen LogP contribution is 2.44. The number of alkyl halides is 2. The fourth-order valence-corrected chi connectivity index (χ4v) is 3.03. The second kappa shape index (κ2) is 5.98. The molecule has 1 aliphatic carbocycles. The molecule has 0 aliphatic heterocycles. The van der Waals surface area contributed by atoms with Gasteiger partial charge in [-0.3, -0.25) is 4.98 Å². The Kier molecular flexibility index (Phi) is 4.17. The van der Waals surface area contributed by atoms with Crippen LogP contribution in [0.15, 0.2) is 48.7 Å². The van der Waals surface area contributed by atoms with Crippen LogP contribution in [-0.4, -0.2) is 26.7 Å². The summed E-state index contributed by atoms with van der Waals surface area (Å²) in [6.45, 7) is 0. The van der Waals surface area contributed by atoms with Gasteiger partial charge >= 0.3 is 0 Å². The Morgan fingerprint density at radius 2 is 1.74 bits per heavy atom. The first kappa shape index (κ1) is 16.0. The van der Waals surface area contributed by atoms with Gasteiger partial charge in [-0.05, 0) is 36.6 Å². The highest BCUT2D eigenvalue weighted by Gasteiger charge is 2.46. The Morgan fingerprint density at radius 1 is 1.00 bits per heavy atom. The summed E-state index contributed by atoms with van der Waals surface area (Å²) in [5.41, 5.74) is 0.571. The Morgan fingerprint density at radius 3 is 2.39 bits per heavy atom. The largest absolute Gasteiger partial charge is 0.387 e. The number of rotatable bonds is 3. The van der Waals surface area contributed by atoms with E-state index in [1.54, 1.807) is 24.4 Å². The summed E-state index contributed by atoms with van der Waals surface area (Å²) in [4.78, 5) is 4.25. The van der Waals surface area contributed by atoms with Crippen LogP contribution in [0.3, 0.4) is 0 Å². The molecule has 1 aromatic heterocycles. The second-order valence-electron chi connectivity index (χ2n) is 6.20. The van der Waals surface area contributed by atoms with Crippen molar-refractivity contribution in [2.45, 2.75) is 43.3 Å². The number of nitrogens with zero attached hydrogens (tertiary/aromatic N) is 1. The molecule has 2 aromatic rings. The van der Waals surface area contributed by atoms with Crippen LogP contribution in [-0.2, 0) is 0 Å². The summed E-state index contributed by atoms with van der Waals surface area (Å²) in [5, 5.41) is 21.1. The molecule has 2 N–H and O–H groups in total. The number of aromatic nitrogens is 1. The van der Waals surface area contributed by atoms with E-state index in [1.807, 2.05) is 24.3 Å². The quantitative estimate of drug-likeness (QED) is 0.906. The van der Waals surface area contributed by atoms with Crippen molar-refractivity contribution in [1.29, 1.82) is 0 Å². The number of aliphatic hydroxyl groups excluding tert-OH is 1. The summed E-state index contributed by atoms with van der Waals surface area (Å²) < 4.78 is 26.6. The standard InChI is InChI=1S/C18H19F2NO2/c19-18(20)9-7-17(23,8-10-18)16(22)14-5-3-4-13(12-14)15-6-1-2-11-21-15/h1-6,11-12,16,22-23H,7-10H2. The maximum atomic E-state index is 13.3. The lowest BCUT2D eigenvalue weighted by atomic mass is 9.77. The average Bonchev–Trinajstić information content (AvgIpc) is 2.58. The van der Waals surface area contributed by atoms with E-state index in [0.717, 1.165) is 11.3 Å². The molecule has 5 heteroatoms. The molecule has 23 heavy (non-hydrogen) atoms. The minimum Gasteiger partial charge on any atom is -0.387 e. The van der Waals surface area contributed by atoms with Gasteiger partial charge in [-0.15, -0.1) is 0 Å². The van der Waals surface area contributed by atoms with Crippen molar-refractivity contribution in [3.8, 4) is 11.3 Å². The van der Waals surface area contributed by atoms with E-state index < -0.39 is 30.5 Å². The van der Waals surface area contributed by atoms with E-state index in [2.05, 4.69) is 4.98 Å². The van der Waals surface area contributed by atoms with Crippen LogP contribution in [0, 0.1) is 0 Å². The van der Waals surface area contributed by atoms with E-state index in [9.17, 15) is 19.0 Å². The van der Waals surface area contributed by atoms with Crippen LogP contribution in [0.2, 0.25) is 0 Å². The zero-order valence-electron chi connectivity index (χ0n) is 12.6. The lowest BCUT2D eigenvalue weighted by molar-refractivity contribution is -0.150. The average molecular weight is 319 g/mol. The zero-order valence-corrected chi connectivity index (χ0v) is 12.6. The van der Waals surface area contributed by atoms with E-state index in [0.29, 0.717) is 5.56 Å². The first-order valence-electron chi connectivity index (χ1n) is 7.69. The minimum atomic E-state index is -2.75. The van der Waals surface area contributed by atoms with Gasteiger partial charge in [0.1, 0.15) is 6.10 Å². The predicted molar refractivity (Wildman–Crippen MR) is 83.0 cm³/mol. The number of halogens is 2. The summed E-state index contributed by atoms with van der Waals surface area (Å²) in [6, 6.07) is 12.6. The normalized spacial score (nSPS) is 20.9. The van der Waals surface area contributed by atoms with E-state index in [-0.39, 0.29) is 12.8 Å². The van der Waals surface area contributed by atoms with E-state index >= 15 is 0 Å². The lowest BCUT2D eigenvalue weighted by Gasteiger charge is -2.39. The highest BCUT2D eigenvalue weighted by molar-refractivity contribution is 5.60. The first-order valence-corrected chi connectivity index (χ1v) is 7.69. The summed E-state index contributed by atoms with van der Waals surface area (Å²) in [7, 11) is 0. The monoisotopic (exact) mass is 319 g/mol. The molecule has 0 amide bonds. The van der Waals surface area contributed by atoms with Crippen molar-refractivity contribution in [2.75, 3.05) is 0 Å². The van der Waals surface area contributed by atoms with Crippen LogP contribution in [0.1, 0.15) is 37.4 Å². The third kappa shape index (κ3) is 3.41. The Bertz CT molecular complexity index is 666. The molecule has 1 saturated carbocycles. The van der Waals surface area contributed by atoms with Gasteiger partial charge in [0.15, 0.2) is 0 Å². The van der Waals surface area contributed by atoms with Crippen molar-refractivity contribution in [3.63, 3.8) is 0 Å². The molecule has 1 atom stereocenters. The van der Waals surface area contributed by atoms with Crippen molar-refractivity contribution >= 4 is 0 Å². The third-order valence-corrected chi connectivity index (χ3v) is 4.52. The molecule has 122 valence electrons. The van der Waals surface area contributed by atoms with E-state index in [4.69, 9.17) is 0 Å². The van der Waals surface area contributed by atoms with Crippen LogP contribution in [0.5, 0.6) is 0 Å². The van der Waals surface area contributed by atoms with Gasteiger partial charge in [0.05, 0.1) is 11.3 Å². The van der Waals surface area contributed by atoms with Gasteiger partial charge in [0.25, 0.3) is 0 Å². The number of hydrogen-bond acceptors (Lipinski definition) is 3. The van der Waals surface area contributed by atoms with Crippen LogP contribution < -0.4 is 0 Å². The van der Waals surface area contributed by atoms with Gasteiger partial charge in [-0.25, -0.2) is 8.78 Å². The fraction of sp³-hybridized carbons (Fsp3) is 0.389. The molecule has 1 aliphatic rings. The highest BCUT2D eigenvalue weighted by atomic mass is 19.3. The molecule has 1 aromatic carbocycles. The predicted octanol–water partition coefficient (Wildman–Crippen LogP) is 3.72. The molecule has 3 rings (SSSR count). The van der Waals surface area contributed by atoms with Crippen molar-refractivity contribution in [3.05, 3.63) is 54.2 Å². The van der Waals surface area contributed by atoms with Crippen molar-refractivity contribution in [1.82, 2.24) is 4.98 Å². The molecule has 0 radical (unpaired) electrons. The van der Waals surface area contributed by atoms with Crippen molar-refractivity contribution < 1.29 is 19.0 Å². The smallest absolute Gasteiger partial charge is 0.248 e. The molecule has 0 bridgehead atoms. The number of benzene rings is 1. The fourth-order valence-electron chi connectivity index (χ4n) is 3.03. The third-order valence-electron chi connectivity index (χ3n) is 4.52. The van der Waals surface area contributed by atoms with Gasteiger partial charge in [-0.2, -0.15) is 0 Å². The maximum Gasteiger partial charge on any atom is 0.248 e. The number of aliphatic hydroxyl groups is 2. The SMILES string of the molecule is OC(c1cccc(-c2ccccn2)c1)C1(O)CCC(F)(F)CC1. The summed E-state index contributed by atoms with van der Waals surface area (Å²) in [6.07, 6.45) is -0.553. The molecule has 1 unspecified atom stereocenters. The molecule has 3 nitrogen and oxygen atoms in total. The van der Waals surface area contributed by atoms with Gasteiger partial charge in [-0.1, -0.05) is 24.3 Å². The topological polar surface area (TPSA) is 53.4 Å². The summed E-state index contributed by atoms with van der Waals surface area (Å²) >= 11 is 0. The van der Waals surface area contributed by atoms with Crippen LogP contribution in [0.25, 0.3) is 11.3 Å². The first-order chi connectivity index (χ1) is 10.9. The van der Waals surface area contributed by atoms with Gasteiger partial charge in [0, 0.05) is 24.6 Å². The molecular formula is C18H19F2NO2.